The maximum atomic E-state index is 4.28. The molecule has 1 saturated carbocycles. The van der Waals surface area contributed by atoms with Crippen LogP contribution in [0.5, 0.6) is 0 Å². The Kier molecular flexibility index (Phi) is 3.65. The van der Waals surface area contributed by atoms with Crippen LogP contribution in [0.1, 0.15) is 29.7 Å². The van der Waals surface area contributed by atoms with Crippen molar-refractivity contribution < 1.29 is 0 Å². The van der Waals surface area contributed by atoms with Crippen LogP contribution in [-0.2, 0) is 19.5 Å². The van der Waals surface area contributed by atoms with Crippen molar-refractivity contribution in [2.24, 2.45) is 0 Å². The van der Waals surface area contributed by atoms with Crippen LogP contribution in [0.4, 0.5) is 0 Å². The second-order valence-corrected chi connectivity index (χ2v) is 5.41. The Morgan fingerprint density at radius 3 is 2.95 bits per heavy atom. The van der Waals surface area contributed by atoms with Gasteiger partial charge in [-0.2, -0.15) is 0 Å². The SMILES string of the molecule is Cc1ccccc1CCn1cncc1CNC1CC1. The molecule has 0 unspecified atom stereocenters. The van der Waals surface area contributed by atoms with Crippen LogP contribution in [0.3, 0.4) is 0 Å². The molecule has 1 heterocycles. The summed E-state index contributed by atoms with van der Waals surface area (Å²) in [4.78, 5) is 4.28. The molecule has 0 atom stereocenters. The van der Waals surface area contributed by atoms with E-state index in [4.69, 9.17) is 0 Å². The van der Waals surface area contributed by atoms with E-state index in [0.29, 0.717) is 0 Å². The highest BCUT2D eigenvalue weighted by Crippen LogP contribution is 2.19. The highest BCUT2D eigenvalue weighted by atomic mass is 15.1. The molecule has 3 rings (SSSR count). The van der Waals surface area contributed by atoms with Gasteiger partial charge in [-0.3, -0.25) is 0 Å². The lowest BCUT2D eigenvalue weighted by Gasteiger charge is -2.10. The Balaban J connectivity index is 1.60. The molecule has 1 aromatic carbocycles. The van der Waals surface area contributed by atoms with E-state index in [0.717, 1.165) is 25.6 Å². The largest absolute Gasteiger partial charge is 0.333 e. The molecular formula is C16H21N3. The van der Waals surface area contributed by atoms with Gasteiger partial charge in [0.25, 0.3) is 0 Å². The fourth-order valence-corrected chi connectivity index (χ4v) is 2.36. The minimum atomic E-state index is 0.750. The van der Waals surface area contributed by atoms with Crippen LogP contribution in [-0.4, -0.2) is 15.6 Å². The van der Waals surface area contributed by atoms with Crippen LogP contribution in [0.25, 0.3) is 0 Å². The summed E-state index contributed by atoms with van der Waals surface area (Å²) in [5.41, 5.74) is 4.10. The minimum absolute atomic E-state index is 0.750. The van der Waals surface area contributed by atoms with Gasteiger partial charge in [0.05, 0.1) is 12.0 Å². The quantitative estimate of drug-likeness (QED) is 0.860. The summed E-state index contributed by atoms with van der Waals surface area (Å²) in [5.74, 6) is 0. The number of benzene rings is 1. The molecule has 1 aromatic heterocycles. The average molecular weight is 255 g/mol. The molecule has 1 aliphatic rings. The fourth-order valence-electron chi connectivity index (χ4n) is 2.36. The van der Waals surface area contributed by atoms with E-state index in [9.17, 15) is 0 Å². The Labute approximate surface area is 114 Å². The number of imidazole rings is 1. The summed E-state index contributed by atoms with van der Waals surface area (Å²) in [6, 6.07) is 9.36. The molecule has 0 aliphatic heterocycles. The van der Waals surface area contributed by atoms with Gasteiger partial charge < -0.3 is 9.88 Å². The number of aromatic nitrogens is 2. The van der Waals surface area contributed by atoms with Crippen molar-refractivity contribution in [1.29, 1.82) is 0 Å². The monoisotopic (exact) mass is 255 g/mol. The molecule has 3 heteroatoms. The van der Waals surface area contributed by atoms with Gasteiger partial charge in [-0.05, 0) is 37.3 Å². The molecule has 0 bridgehead atoms. The highest BCUT2D eigenvalue weighted by Gasteiger charge is 2.20. The fraction of sp³-hybridized carbons (Fsp3) is 0.438. The third kappa shape index (κ3) is 3.24. The van der Waals surface area contributed by atoms with Crippen LogP contribution in [0.2, 0.25) is 0 Å². The molecule has 100 valence electrons. The van der Waals surface area contributed by atoms with E-state index < -0.39 is 0 Å². The Morgan fingerprint density at radius 1 is 1.32 bits per heavy atom. The first-order valence-corrected chi connectivity index (χ1v) is 7.10. The second-order valence-electron chi connectivity index (χ2n) is 5.41. The zero-order valence-corrected chi connectivity index (χ0v) is 11.5. The van der Waals surface area contributed by atoms with E-state index in [1.165, 1.54) is 29.7 Å². The Morgan fingerprint density at radius 2 is 2.16 bits per heavy atom. The van der Waals surface area contributed by atoms with Gasteiger partial charge in [0, 0.05) is 25.3 Å². The van der Waals surface area contributed by atoms with Crippen molar-refractivity contribution in [1.82, 2.24) is 14.9 Å². The van der Waals surface area contributed by atoms with E-state index in [2.05, 4.69) is 46.1 Å². The van der Waals surface area contributed by atoms with Gasteiger partial charge in [-0.1, -0.05) is 24.3 Å². The molecule has 2 aromatic rings. The van der Waals surface area contributed by atoms with Gasteiger partial charge in [0.15, 0.2) is 0 Å². The number of nitrogens with one attached hydrogen (secondary N) is 1. The molecule has 0 spiro atoms. The van der Waals surface area contributed by atoms with Gasteiger partial charge in [0.2, 0.25) is 0 Å². The van der Waals surface area contributed by atoms with Gasteiger partial charge in [0.1, 0.15) is 0 Å². The summed E-state index contributed by atoms with van der Waals surface area (Å²) in [7, 11) is 0. The second kappa shape index (κ2) is 5.57. The number of rotatable bonds is 6. The summed E-state index contributed by atoms with van der Waals surface area (Å²) in [6.07, 6.45) is 7.66. The van der Waals surface area contributed by atoms with Crippen LogP contribution >= 0.6 is 0 Å². The van der Waals surface area contributed by atoms with Crippen molar-refractivity contribution >= 4 is 0 Å². The number of hydrogen-bond donors (Lipinski definition) is 1. The minimum Gasteiger partial charge on any atom is -0.333 e. The maximum Gasteiger partial charge on any atom is 0.0948 e. The summed E-state index contributed by atoms with van der Waals surface area (Å²) >= 11 is 0. The molecule has 0 amide bonds. The first-order chi connectivity index (χ1) is 9.33. The van der Waals surface area contributed by atoms with Crippen molar-refractivity contribution in [3.63, 3.8) is 0 Å². The Hall–Kier alpha value is -1.61. The van der Waals surface area contributed by atoms with Crippen LogP contribution in [0, 0.1) is 6.92 Å². The van der Waals surface area contributed by atoms with Crippen molar-refractivity contribution in [2.45, 2.75) is 45.3 Å². The molecule has 19 heavy (non-hydrogen) atoms. The molecule has 0 saturated heterocycles. The van der Waals surface area contributed by atoms with Crippen LogP contribution < -0.4 is 5.32 Å². The predicted molar refractivity (Wildman–Crippen MR) is 77.0 cm³/mol. The third-order valence-electron chi connectivity index (χ3n) is 3.83. The summed E-state index contributed by atoms with van der Waals surface area (Å²) in [6.45, 7) is 4.13. The van der Waals surface area contributed by atoms with Gasteiger partial charge >= 0.3 is 0 Å². The Bertz CT molecular complexity index is 540. The van der Waals surface area contributed by atoms with E-state index >= 15 is 0 Å². The van der Waals surface area contributed by atoms with Crippen molar-refractivity contribution in [3.8, 4) is 0 Å². The standard InChI is InChI=1S/C16H21N3/c1-13-4-2-3-5-14(13)8-9-19-12-17-10-16(19)11-18-15-6-7-15/h2-5,10,12,15,18H,6-9,11H2,1H3. The zero-order chi connectivity index (χ0) is 13.1. The lowest BCUT2D eigenvalue weighted by Crippen LogP contribution is -2.18. The average Bonchev–Trinajstić information content (AvgIpc) is 3.14. The predicted octanol–water partition coefficient (Wildman–Crippen LogP) is 2.69. The number of hydrogen-bond acceptors (Lipinski definition) is 2. The normalized spacial score (nSPS) is 14.8. The topological polar surface area (TPSA) is 29.9 Å². The molecule has 1 aliphatic carbocycles. The number of aryl methyl sites for hydroxylation is 3. The van der Waals surface area contributed by atoms with E-state index in [1.54, 1.807) is 0 Å². The van der Waals surface area contributed by atoms with E-state index in [-0.39, 0.29) is 0 Å². The summed E-state index contributed by atoms with van der Waals surface area (Å²) in [5, 5.41) is 3.55. The first kappa shape index (κ1) is 12.4. The molecule has 3 nitrogen and oxygen atoms in total. The lowest BCUT2D eigenvalue weighted by atomic mass is 10.1. The van der Waals surface area contributed by atoms with Crippen molar-refractivity contribution in [2.75, 3.05) is 0 Å². The third-order valence-corrected chi connectivity index (χ3v) is 3.83. The smallest absolute Gasteiger partial charge is 0.0948 e. The van der Waals surface area contributed by atoms with Gasteiger partial charge in [-0.15, -0.1) is 0 Å². The molecule has 1 fully saturated rings. The molecule has 0 radical (unpaired) electrons. The maximum absolute atomic E-state index is 4.28. The van der Waals surface area contributed by atoms with Crippen LogP contribution in [0.15, 0.2) is 36.8 Å². The lowest BCUT2D eigenvalue weighted by molar-refractivity contribution is 0.605. The summed E-state index contributed by atoms with van der Waals surface area (Å²) < 4.78 is 2.27. The zero-order valence-electron chi connectivity index (χ0n) is 11.5. The number of nitrogens with zero attached hydrogens (tertiary/aromatic N) is 2. The van der Waals surface area contributed by atoms with E-state index in [1.807, 2.05) is 12.5 Å². The first-order valence-electron chi connectivity index (χ1n) is 7.10. The highest BCUT2D eigenvalue weighted by molar-refractivity contribution is 5.25. The van der Waals surface area contributed by atoms with Gasteiger partial charge in [-0.25, -0.2) is 4.98 Å². The molecule has 1 N–H and O–H groups in total. The molecular weight excluding hydrogens is 234 g/mol. The van der Waals surface area contributed by atoms with Crippen molar-refractivity contribution in [3.05, 3.63) is 53.6 Å².